The molecule has 110 valence electrons. The molecule has 0 saturated carbocycles. The van der Waals surface area contributed by atoms with Gasteiger partial charge in [-0.25, -0.2) is 4.79 Å². The monoisotopic (exact) mass is 279 g/mol. The third-order valence-electron chi connectivity index (χ3n) is 2.58. The molecule has 6 heteroatoms. The molecule has 3 N–H and O–H groups in total. The van der Waals surface area contributed by atoms with Gasteiger partial charge in [0.05, 0.1) is 24.0 Å². The molecular formula is C14H21N3O3. The van der Waals surface area contributed by atoms with Crippen molar-refractivity contribution in [3.05, 3.63) is 24.0 Å². The summed E-state index contributed by atoms with van der Waals surface area (Å²) in [5, 5.41) is 14.0. The van der Waals surface area contributed by atoms with E-state index in [1.807, 2.05) is 0 Å². The number of carboxylic acid groups (broad SMARTS) is 1. The van der Waals surface area contributed by atoms with E-state index in [0.717, 1.165) is 6.42 Å². The van der Waals surface area contributed by atoms with E-state index < -0.39 is 5.97 Å². The fourth-order valence-corrected chi connectivity index (χ4v) is 1.48. The van der Waals surface area contributed by atoms with Crippen LogP contribution in [0.4, 0.5) is 10.5 Å². The van der Waals surface area contributed by atoms with Gasteiger partial charge in [0.15, 0.2) is 0 Å². The number of hydrogen-bond acceptors (Lipinski definition) is 3. The van der Waals surface area contributed by atoms with Crippen LogP contribution in [0.15, 0.2) is 18.3 Å². The molecule has 1 rings (SSSR count). The summed E-state index contributed by atoms with van der Waals surface area (Å²) in [7, 11) is 0. The second kappa shape index (κ2) is 6.88. The van der Waals surface area contributed by atoms with Crippen molar-refractivity contribution in [3.63, 3.8) is 0 Å². The van der Waals surface area contributed by atoms with Crippen molar-refractivity contribution in [2.24, 2.45) is 5.41 Å². The quantitative estimate of drug-likeness (QED) is 0.771. The largest absolute Gasteiger partial charge is 0.481 e. The Kier molecular flexibility index (Phi) is 5.49. The van der Waals surface area contributed by atoms with Gasteiger partial charge in [0.25, 0.3) is 0 Å². The van der Waals surface area contributed by atoms with E-state index in [2.05, 4.69) is 36.4 Å². The highest BCUT2D eigenvalue weighted by Crippen LogP contribution is 2.16. The smallest absolute Gasteiger partial charge is 0.319 e. The highest BCUT2D eigenvalue weighted by molar-refractivity contribution is 5.89. The van der Waals surface area contributed by atoms with E-state index in [1.54, 1.807) is 12.1 Å². The van der Waals surface area contributed by atoms with Gasteiger partial charge in [0.1, 0.15) is 0 Å². The van der Waals surface area contributed by atoms with Gasteiger partial charge in [-0.3, -0.25) is 9.78 Å². The van der Waals surface area contributed by atoms with Crippen LogP contribution in [0.25, 0.3) is 0 Å². The zero-order valence-electron chi connectivity index (χ0n) is 12.1. The minimum absolute atomic E-state index is 0.127. The number of anilines is 1. The first-order valence-corrected chi connectivity index (χ1v) is 6.48. The Balaban J connectivity index is 2.40. The summed E-state index contributed by atoms with van der Waals surface area (Å²) in [5.74, 6) is -0.932. The molecule has 0 aromatic carbocycles. The van der Waals surface area contributed by atoms with Crippen LogP contribution in [0.1, 0.15) is 32.9 Å². The van der Waals surface area contributed by atoms with E-state index in [-0.39, 0.29) is 17.9 Å². The van der Waals surface area contributed by atoms with E-state index in [1.165, 1.54) is 6.20 Å². The number of urea groups is 1. The highest BCUT2D eigenvalue weighted by atomic mass is 16.4. The van der Waals surface area contributed by atoms with Crippen LogP contribution in [0.2, 0.25) is 0 Å². The molecule has 0 saturated heterocycles. The molecule has 0 aliphatic carbocycles. The molecule has 0 radical (unpaired) electrons. The third-order valence-corrected chi connectivity index (χ3v) is 2.58. The second-order valence-electron chi connectivity index (χ2n) is 5.80. The Labute approximate surface area is 118 Å². The first-order valence-electron chi connectivity index (χ1n) is 6.48. The number of aliphatic carboxylic acids is 1. The van der Waals surface area contributed by atoms with Crippen molar-refractivity contribution in [2.75, 3.05) is 11.9 Å². The van der Waals surface area contributed by atoms with Crippen molar-refractivity contribution in [2.45, 2.75) is 33.6 Å². The first kappa shape index (κ1) is 15.9. The second-order valence-corrected chi connectivity index (χ2v) is 5.80. The van der Waals surface area contributed by atoms with Gasteiger partial charge in [-0.1, -0.05) is 20.8 Å². The van der Waals surface area contributed by atoms with Crippen LogP contribution in [-0.2, 0) is 11.2 Å². The maximum absolute atomic E-state index is 11.6. The zero-order valence-corrected chi connectivity index (χ0v) is 12.1. The lowest BCUT2D eigenvalue weighted by atomic mass is 9.92. The summed E-state index contributed by atoms with van der Waals surface area (Å²) in [5.41, 5.74) is 1.16. The Morgan fingerprint density at radius 1 is 1.30 bits per heavy atom. The lowest BCUT2D eigenvalue weighted by molar-refractivity contribution is -0.136. The Morgan fingerprint density at radius 2 is 2.00 bits per heavy atom. The van der Waals surface area contributed by atoms with Crippen molar-refractivity contribution in [1.29, 1.82) is 0 Å². The molecule has 0 aliphatic rings. The summed E-state index contributed by atoms with van der Waals surface area (Å²) in [6, 6.07) is 2.93. The first-order chi connectivity index (χ1) is 9.26. The number of hydrogen-bond donors (Lipinski definition) is 3. The van der Waals surface area contributed by atoms with Crippen molar-refractivity contribution in [1.82, 2.24) is 10.3 Å². The maximum atomic E-state index is 11.6. The van der Waals surface area contributed by atoms with Crippen LogP contribution in [-0.4, -0.2) is 28.6 Å². The lowest BCUT2D eigenvalue weighted by Crippen LogP contribution is -2.31. The Bertz CT molecular complexity index is 464. The number of nitrogens with zero attached hydrogens (tertiary/aromatic N) is 1. The Morgan fingerprint density at radius 3 is 2.50 bits per heavy atom. The number of aromatic nitrogens is 1. The fourth-order valence-electron chi connectivity index (χ4n) is 1.48. The summed E-state index contributed by atoms with van der Waals surface area (Å²) < 4.78 is 0. The number of pyridine rings is 1. The molecule has 0 bridgehead atoms. The number of nitrogens with one attached hydrogen (secondary N) is 2. The van der Waals surface area contributed by atoms with Gasteiger partial charge < -0.3 is 15.7 Å². The molecule has 2 amide bonds. The van der Waals surface area contributed by atoms with Crippen LogP contribution >= 0.6 is 0 Å². The number of amides is 2. The molecule has 0 spiro atoms. The molecule has 6 nitrogen and oxygen atoms in total. The zero-order chi connectivity index (χ0) is 15.2. The molecule has 0 fully saturated rings. The average Bonchev–Trinajstić information content (AvgIpc) is 2.29. The summed E-state index contributed by atoms with van der Waals surface area (Å²) in [4.78, 5) is 26.1. The molecule has 0 aliphatic heterocycles. The van der Waals surface area contributed by atoms with Gasteiger partial charge in [-0.05, 0) is 24.0 Å². The lowest BCUT2D eigenvalue weighted by Gasteiger charge is -2.18. The average molecular weight is 279 g/mol. The molecule has 1 aromatic heterocycles. The van der Waals surface area contributed by atoms with Gasteiger partial charge in [0, 0.05) is 6.54 Å². The predicted octanol–water partition coefficient (Wildman–Crippen LogP) is 2.27. The van der Waals surface area contributed by atoms with Crippen LogP contribution in [0.5, 0.6) is 0 Å². The number of rotatable bonds is 5. The molecular weight excluding hydrogens is 258 g/mol. The topological polar surface area (TPSA) is 91.3 Å². The number of carbonyl (C=O) groups is 2. The minimum Gasteiger partial charge on any atom is -0.481 e. The highest BCUT2D eigenvalue weighted by Gasteiger charge is 2.10. The summed E-state index contributed by atoms with van der Waals surface area (Å²) >= 11 is 0. The van der Waals surface area contributed by atoms with Crippen LogP contribution < -0.4 is 10.6 Å². The van der Waals surface area contributed by atoms with E-state index in [4.69, 9.17) is 5.11 Å². The summed E-state index contributed by atoms with van der Waals surface area (Å²) in [6.45, 7) is 6.92. The van der Waals surface area contributed by atoms with Gasteiger partial charge >= 0.3 is 12.0 Å². The van der Waals surface area contributed by atoms with E-state index in [0.29, 0.717) is 17.9 Å². The SMILES string of the molecule is CC(C)(C)CCNC(=O)Nc1ccc(CC(=O)O)nc1. The molecule has 20 heavy (non-hydrogen) atoms. The van der Waals surface area contributed by atoms with Crippen LogP contribution in [0, 0.1) is 5.41 Å². The Hall–Kier alpha value is -2.11. The van der Waals surface area contributed by atoms with E-state index in [9.17, 15) is 9.59 Å². The van der Waals surface area contributed by atoms with Gasteiger partial charge in [-0.15, -0.1) is 0 Å². The molecule has 0 unspecified atom stereocenters. The minimum atomic E-state index is -0.932. The third kappa shape index (κ3) is 6.72. The van der Waals surface area contributed by atoms with Crippen LogP contribution in [0.3, 0.4) is 0 Å². The van der Waals surface area contributed by atoms with Crippen molar-refractivity contribution in [3.8, 4) is 0 Å². The molecule has 1 aromatic rings. The normalized spacial score (nSPS) is 10.9. The standard InChI is InChI=1S/C14H21N3O3/c1-14(2,3)6-7-15-13(20)17-11-5-4-10(16-9-11)8-12(18)19/h4-5,9H,6-8H2,1-3H3,(H,18,19)(H2,15,17,20). The van der Waals surface area contributed by atoms with Crippen molar-refractivity contribution >= 4 is 17.7 Å². The van der Waals surface area contributed by atoms with Gasteiger partial charge in [0.2, 0.25) is 0 Å². The van der Waals surface area contributed by atoms with E-state index >= 15 is 0 Å². The summed E-state index contributed by atoms with van der Waals surface area (Å²) in [6.07, 6.45) is 2.20. The number of carboxylic acids is 1. The number of carbonyl (C=O) groups excluding carboxylic acids is 1. The molecule has 0 atom stereocenters. The predicted molar refractivity (Wildman–Crippen MR) is 76.7 cm³/mol. The fraction of sp³-hybridized carbons (Fsp3) is 0.500. The molecule has 1 heterocycles. The van der Waals surface area contributed by atoms with Crippen molar-refractivity contribution < 1.29 is 14.7 Å². The van der Waals surface area contributed by atoms with Gasteiger partial charge in [-0.2, -0.15) is 0 Å². The maximum Gasteiger partial charge on any atom is 0.319 e.